The molecule has 1 aromatic rings. The first-order valence-electron chi connectivity index (χ1n) is 6.09. The zero-order chi connectivity index (χ0) is 12.3. The molecule has 0 N–H and O–H groups in total. The maximum absolute atomic E-state index is 5.92. The quantitative estimate of drug-likeness (QED) is 0.751. The van der Waals surface area contributed by atoms with Gasteiger partial charge in [0.15, 0.2) is 0 Å². The lowest BCUT2D eigenvalue weighted by atomic mass is 10.1. The molecule has 17 heavy (non-hydrogen) atoms. The van der Waals surface area contributed by atoms with Crippen LogP contribution in [0.2, 0.25) is 0 Å². The summed E-state index contributed by atoms with van der Waals surface area (Å²) in [7, 11) is 0. The van der Waals surface area contributed by atoms with Gasteiger partial charge in [0.05, 0.1) is 0 Å². The van der Waals surface area contributed by atoms with Crippen LogP contribution in [0.5, 0.6) is 5.75 Å². The number of hydrogen-bond donors (Lipinski definition) is 0. The Morgan fingerprint density at radius 2 is 2.35 bits per heavy atom. The number of fused-ring (bicyclic) bond motifs is 1. The lowest BCUT2D eigenvalue weighted by Crippen LogP contribution is -2.17. The van der Waals surface area contributed by atoms with Gasteiger partial charge in [-0.1, -0.05) is 24.6 Å². The fraction of sp³-hybridized carbons (Fsp3) is 0.571. The molecule has 1 heterocycles. The molecule has 0 saturated carbocycles. The van der Waals surface area contributed by atoms with Crippen LogP contribution in [0.4, 0.5) is 0 Å². The number of rotatable bonds is 5. The van der Waals surface area contributed by atoms with E-state index in [9.17, 15) is 0 Å². The molecule has 2 rings (SSSR count). The van der Waals surface area contributed by atoms with E-state index in [1.807, 2.05) is 11.8 Å². The number of hydrogen-bond acceptors (Lipinski definition) is 2. The summed E-state index contributed by atoms with van der Waals surface area (Å²) >= 11 is 7.74. The Bertz CT molecular complexity index is 380. The van der Waals surface area contributed by atoms with Crippen LogP contribution in [-0.2, 0) is 6.42 Å². The van der Waals surface area contributed by atoms with Crippen LogP contribution in [0.25, 0.3) is 0 Å². The number of alkyl halides is 1. The zero-order valence-electron chi connectivity index (χ0n) is 10.4. The Morgan fingerprint density at radius 3 is 3.12 bits per heavy atom. The zero-order valence-corrected chi connectivity index (χ0v) is 12.0. The van der Waals surface area contributed by atoms with Gasteiger partial charge < -0.3 is 4.74 Å². The van der Waals surface area contributed by atoms with Crippen molar-refractivity contribution in [2.75, 3.05) is 17.4 Å². The van der Waals surface area contributed by atoms with Crippen LogP contribution in [0.15, 0.2) is 18.2 Å². The van der Waals surface area contributed by atoms with Crippen molar-refractivity contribution in [1.82, 2.24) is 0 Å². The predicted molar refractivity (Wildman–Crippen MR) is 76.5 cm³/mol. The van der Waals surface area contributed by atoms with Crippen molar-refractivity contribution in [1.29, 1.82) is 0 Å². The second-order valence-electron chi connectivity index (χ2n) is 4.85. The molecule has 0 spiro atoms. The van der Waals surface area contributed by atoms with E-state index in [0.29, 0.717) is 12.0 Å². The van der Waals surface area contributed by atoms with E-state index in [1.54, 1.807) is 0 Å². The van der Waals surface area contributed by atoms with E-state index in [-0.39, 0.29) is 0 Å². The van der Waals surface area contributed by atoms with Crippen molar-refractivity contribution in [3.05, 3.63) is 29.3 Å². The molecule has 1 aliphatic rings. The van der Waals surface area contributed by atoms with Gasteiger partial charge in [-0.2, -0.15) is 11.8 Å². The van der Waals surface area contributed by atoms with Crippen molar-refractivity contribution >= 4 is 23.4 Å². The van der Waals surface area contributed by atoms with E-state index in [0.717, 1.165) is 29.6 Å². The monoisotopic (exact) mass is 270 g/mol. The van der Waals surface area contributed by atoms with Crippen LogP contribution in [0.1, 0.15) is 18.1 Å². The van der Waals surface area contributed by atoms with E-state index in [2.05, 4.69) is 32.0 Å². The highest BCUT2D eigenvalue weighted by Crippen LogP contribution is 2.31. The van der Waals surface area contributed by atoms with Gasteiger partial charge in [0.25, 0.3) is 0 Å². The van der Waals surface area contributed by atoms with Crippen LogP contribution in [0.3, 0.4) is 0 Å². The summed E-state index contributed by atoms with van der Waals surface area (Å²) in [5, 5.41) is 0. The molecule has 1 aromatic carbocycles. The van der Waals surface area contributed by atoms with Crippen molar-refractivity contribution in [2.45, 2.75) is 26.4 Å². The smallest absolute Gasteiger partial charge is 0.123 e. The second kappa shape index (κ2) is 6.01. The first-order chi connectivity index (χ1) is 8.19. The molecule has 1 aliphatic heterocycles. The van der Waals surface area contributed by atoms with Gasteiger partial charge in [-0.15, -0.1) is 11.6 Å². The molecule has 94 valence electrons. The average molecular weight is 271 g/mol. The number of thioether (sulfide) groups is 1. The topological polar surface area (TPSA) is 9.23 Å². The van der Waals surface area contributed by atoms with E-state index < -0.39 is 0 Å². The third-order valence-corrected chi connectivity index (χ3v) is 4.87. The van der Waals surface area contributed by atoms with Crippen LogP contribution < -0.4 is 4.74 Å². The van der Waals surface area contributed by atoms with Gasteiger partial charge >= 0.3 is 0 Å². The van der Waals surface area contributed by atoms with Crippen LogP contribution >= 0.6 is 23.4 Å². The Labute approximate surface area is 113 Å². The maximum atomic E-state index is 5.92. The highest BCUT2D eigenvalue weighted by Gasteiger charge is 2.22. The standard InChI is InChI=1S/C14H19ClOS/c1-10-3-4-14-12(5-10)6-13(16-14)9-17-8-11(2)7-15/h3-5,11,13H,6-9H2,1-2H3. The van der Waals surface area contributed by atoms with E-state index in [4.69, 9.17) is 16.3 Å². The Balaban J connectivity index is 1.80. The molecule has 2 atom stereocenters. The van der Waals surface area contributed by atoms with E-state index >= 15 is 0 Å². The van der Waals surface area contributed by atoms with Crippen LogP contribution in [0, 0.1) is 12.8 Å². The highest BCUT2D eigenvalue weighted by atomic mass is 35.5. The minimum atomic E-state index is 0.347. The van der Waals surface area contributed by atoms with Crippen molar-refractivity contribution < 1.29 is 4.74 Å². The molecule has 0 aliphatic carbocycles. The average Bonchev–Trinajstić information content (AvgIpc) is 2.70. The molecular weight excluding hydrogens is 252 g/mol. The normalized spacial score (nSPS) is 19.8. The maximum Gasteiger partial charge on any atom is 0.123 e. The van der Waals surface area contributed by atoms with Gasteiger partial charge in [0.2, 0.25) is 0 Å². The molecular formula is C14H19ClOS. The SMILES string of the molecule is Cc1ccc2c(c1)CC(CSCC(C)CCl)O2. The number of halogens is 1. The van der Waals surface area contributed by atoms with Gasteiger partial charge in [-0.05, 0) is 30.2 Å². The highest BCUT2D eigenvalue weighted by molar-refractivity contribution is 7.99. The van der Waals surface area contributed by atoms with Gasteiger partial charge in [0.1, 0.15) is 11.9 Å². The molecule has 0 bridgehead atoms. The fourth-order valence-corrected chi connectivity index (χ4v) is 3.33. The molecule has 0 radical (unpaired) electrons. The van der Waals surface area contributed by atoms with Gasteiger partial charge in [-0.25, -0.2) is 0 Å². The third-order valence-electron chi connectivity index (χ3n) is 2.93. The molecule has 2 unspecified atom stereocenters. The Hall–Kier alpha value is -0.340. The summed E-state index contributed by atoms with van der Waals surface area (Å²) in [4.78, 5) is 0. The number of benzene rings is 1. The van der Waals surface area contributed by atoms with Crippen molar-refractivity contribution in [2.24, 2.45) is 5.92 Å². The summed E-state index contributed by atoms with van der Waals surface area (Å²) < 4.78 is 5.92. The largest absolute Gasteiger partial charge is 0.489 e. The van der Waals surface area contributed by atoms with Gasteiger partial charge in [-0.3, -0.25) is 0 Å². The molecule has 0 fully saturated rings. The summed E-state index contributed by atoms with van der Waals surface area (Å²) in [6.07, 6.45) is 1.40. The van der Waals surface area contributed by atoms with Crippen molar-refractivity contribution in [3.63, 3.8) is 0 Å². The minimum absolute atomic E-state index is 0.347. The lowest BCUT2D eigenvalue weighted by molar-refractivity contribution is 0.259. The summed E-state index contributed by atoms with van der Waals surface area (Å²) in [6, 6.07) is 6.45. The molecule has 3 heteroatoms. The summed E-state index contributed by atoms with van der Waals surface area (Å²) in [5.74, 6) is 4.60. The number of aryl methyl sites for hydroxylation is 1. The Kier molecular flexibility index (Phi) is 4.63. The summed E-state index contributed by atoms with van der Waals surface area (Å²) in [5.41, 5.74) is 2.68. The van der Waals surface area contributed by atoms with Gasteiger partial charge in [0, 0.05) is 18.1 Å². The molecule has 1 nitrogen and oxygen atoms in total. The number of ether oxygens (including phenoxy) is 1. The molecule has 0 aromatic heterocycles. The van der Waals surface area contributed by atoms with Crippen LogP contribution in [-0.4, -0.2) is 23.5 Å². The Morgan fingerprint density at radius 1 is 1.53 bits per heavy atom. The summed E-state index contributed by atoms with van der Waals surface area (Å²) in [6.45, 7) is 4.32. The first kappa shape index (κ1) is 13.1. The minimum Gasteiger partial charge on any atom is -0.489 e. The van der Waals surface area contributed by atoms with E-state index in [1.165, 1.54) is 11.1 Å². The first-order valence-corrected chi connectivity index (χ1v) is 7.78. The third kappa shape index (κ3) is 3.56. The molecule has 0 amide bonds. The molecule has 0 saturated heterocycles. The van der Waals surface area contributed by atoms with Crippen molar-refractivity contribution in [3.8, 4) is 5.75 Å². The fourth-order valence-electron chi connectivity index (χ4n) is 1.99. The predicted octanol–water partition coefficient (Wildman–Crippen LogP) is 3.91. The lowest BCUT2D eigenvalue weighted by Gasteiger charge is -2.11. The second-order valence-corrected chi connectivity index (χ2v) is 6.24.